The van der Waals surface area contributed by atoms with Gasteiger partial charge in [-0.05, 0) is 62.7 Å². The number of aryl methyl sites for hydroxylation is 1. The highest BCUT2D eigenvalue weighted by Crippen LogP contribution is 2.39. The van der Waals surface area contributed by atoms with Gasteiger partial charge >= 0.3 is 0 Å². The maximum Gasteiger partial charge on any atom is 0.247 e. The minimum Gasteiger partial charge on any atom is -0.494 e. The molecule has 3 N–H and O–H groups in total. The molecule has 1 amide bonds. The third kappa shape index (κ3) is 8.10. The van der Waals surface area contributed by atoms with Gasteiger partial charge in [-0.25, -0.2) is 13.4 Å². The van der Waals surface area contributed by atoms with Crippen LogP contribution in [0.15, 0.2) is 49.2 Å². The summed E-state index contributed by atoms with van der Waals surface area (Å²) in [5.41, 5.74) is 3.65. The van der Waals surface area contributed by atoms with Crippen molar-refractivity contribution in [2.24, 2.45) is 0 Å². The summed E-state index contributed by atoms with van der Waals surface area (Å²) >= 11 is 6.45. The second-order valence-electron chi connectivity index (χ2n) is 10.6. The number of ether oxygens (including phenoxy) is 1. The van der Waals surface area contributed by atoms with Crippen LogP contribution < -0.4 is 29.9 Å². The Hall–Kier alpha value is -4.07. The second kappa shape index (κ2) is 14.1. The van der Waals surface area contributed by atoms with Crippen LogP contribution in [0.5, 0.6) is 5.75 Å². The minimum absolute atomic E-state index is 0.191. The predicted octanol–water partition coefficient (Wildman–Crippen LogP) is 4.99. The molecule has 1 aliphatic rings. The molecule has 0 unspecified atom stereocenters. The van der Waals surface area contributed by atoms with Gasteiger partial charge in [0.05, 0.1) is 48.0 Å². The van der Waals surface area contributed by atoms with E-state index >= 15 is 0 Å². The lowest BCUT2D eigenvalue weighted by Crippen LogP contribution is -2.32. The van der Waals surface area contributed by atoms with Gasteiger partial charge in [-0.3, -0.25) is 9.10 Å². The van der Waals surface area contributed by atoms with Crippen LogP contribution in [0.4, 0.5) is 40.2 Å². The number of likely N-dealkylation sites (N-methyl/N-ethyl adjacent to an activating group) is 1. The Morgan fingerprint density at radius 1 is 1.11 bits per heavy atom. The third-order valence-electron chi connectivity index (χ3n) is 7.36. The average Bonchev–Trinajstić information content (AvgIpc) is 3.51. The van der Waals surface area contributed by atoms with E-state index in [1.807, 2.05) is 26.1 Å². The van der Waals surface area contributed by atoms with Crippen LogP contribution >= 0.6 is 11.6 Å². The molecule has 12 nitrogen and oxygen atoms in total. The van der Waals surface area contributed by atoms with Crippen molar-refractivity contribution in [1.29, 1.82) is 0 Å². The number of hydrogen-bond acceptors (Lipinski definition) is 10. The second-order valence-corrected chi connectivity index (χ2v) is 13.0. The molecule has 0 bridgehead atoms. The molecule has 1 aliphatic heterocycles. The molecule has 1 aromatic heterocycles. The predicted molar refractivity (Wildman–Crippen MR) is 179 cm³/mol. The van der Waals surface area contributed by atoms with Crippen LogP contribution in [0.1, 0.15) is 18.4 Å². The Morgan fingerprint density at radius 2 is 1.84 bits per heavy atom. The summed E-state index contributed by atoms with van der Waals surface area (Å²) in [7, 11) is 1.48. The Morgan fingerprint density at radius 3 is 2.50 bits per heavy atom. The van der Waals surface area contributed by atoms with E-state index < -0.39 is 10.0 Å². The van der Waals surface area contributed by atoms with Gasteiger partial charge in [-0.2, -0.15) is 4.98 Å². The molecule has 44 heavy (non-hydrogen) atoms. The van der Waals surface area contributed by atoms with Crippen molar-refractivity contribution in [3.63, 3.8) is 0 Å². The number of halogens is 1. The van der Waals surface area contributed by atoms with Crippen LogP contribution in [0, 0.1) is 6.92 Å². The van der Waals surface area contributed by atoms with Crippen molar-refractivity contribution in [3.8, 4) is 5.75 Å². The highest BCUT2D eigenvalue weighted by atomic mass is 35.5. The molecule has 0 saturated carbocycles. The smallest absolute Gasteiger partial charge is 0.247 e. The standard InChI is InChI=1S/C30H39ClN8O4S/c1-7-28(40)33-23-17-24(27(43-5)18-25(23)37(3)14-15-39-12-8-9-13-39)35-30-32-19-21(31)29(36-30)34-22-11-10-20(2)16-26(22)38(4)44(6,41)42/h7,10-11,16-19H,1,8-9,12-15H2,2-6H3,(H,33,40)(H2,32,34,35,36). The molecular weight excluding hydrogens is 604 g/mol. The summed E-state index contributed by atoms with van der Waals surface area (Å²) in [5, 5.41) is 9.43. The molecule has 0 atom stereocenters. The summed E-state index contributed by atoms with van der Waals surface area (Å²) in [6, 6.07) is 8.97. The Bertz CT molecular complexity index is 1630. The number of carbonyl (C=O) groups is 1. The largest absolute Gasteiger partial charge is 0.494 e. The van der Waals surface area contributed by atoms with E-state index in [-0.39, 0.29) is 22.7 Å². The van der Waals surface area contributed by atoms with Gasteiger partial charge in [0.25, 0.3) is 0 Å². The number of aromatic nitrogens is 2. The Kier molecular flexibility index (Phi) is 10.6. The first kappa shape index (κ1) is 32.8. The van der Waals surface area contributed by atoms with Crippen molar-refractivity contribution in [3.05, 3.63) is 59.8 Å². The molecule has 1 fully saturated rings. The Labute approximate surface area is 264 Å². The van der Waals surface area contributed by atoms with Gasteiger partial charge < -0.3 is 30.5 Å². The number of amides is 1. The van der Waals surface area contributed by atoms with Gasteiger partial charge in [-0.1, -0.05) is 24.2 Å². The molecule has 2 aromatic carbocycles. The maximum absolute atomic E-state index is 12.4. The van der Waals surface area contributed by atoms with Crippen LogP contribution in [0.3, 0.4) is 0 Å². The van der Waals surface area contributed by atoms with Gasteiger partial charge in [0.2, 0.25) is 21.9 Å². The first-order chi connectivity index (χ1) is 20.9. The lowest BCUT2D eigenvalue weighted by molar-refractivity contribution is -0.111. The fourth-order valence-electron chi connectivity index (χ4n) is 4.80. The highest BCUT2D eigenvalue weighted by Gasteiger charge is 2.20. The lowest BCUT2D eigenvalue weighted by atomic mass is 10.2. The average molecular weight is 643 g/mol. The normalized spacial score (nSPS) is 13.3. The van der Waals surface area contributed by atoms with Gasteiger partial charge in [-0.15, -0.1) is 0 Å². The van der Waals surface area contributed by atoms with Crippen LogP contribution in [-0.2, 0) is 14.8 Å². The zero-order valence-electron chi connectivity index (χ0n) is 25.6. The summed E-state index contributed by atoms with van der Waals surface area (Å²) in [6.45, 7) is 9.32. The van der Waals surface area contributed by atoms with Crippen LogP contribution in [-0.4, -0.2) is 82.8 Å². The third-order valence-corrected chi connectivity index (χ3v) is 8.82. The summed E-state index contributed by atoms with van der Waals surface area (Å²) in [5.74, 6) is 0.607. The Balaban J connectivity index is 1.65. The van der Waals surface area contributed by atoms with Crippen molar-refractivity contribution in [1.82, 2.24) is 14.9 Å². The van der Waals surface area contributed by atoms with E-state index in [2.05, 4.69) is 42.3 Å². The van der Waals surface area contributed by atoms with E-state index in [1.54, 1.807) is 25.3 Å². The summed E-state index contributed by atoms with van der Waals surface area (Å²) in [4.78, 5) is 25.7. The fourth-order valence-corrected chi connectivity index (χ4v) is 5.45. The molecule has 236 valence electrons. The molecule has 14 heteroatoms. The number of hydrogen-bond donors (Lipinski definition) is 3. The van der Waals surface area contributed by atoms with E-state index in [1.165, 1.54) is 36.5 Å². The minimum atomic E-state index is -3.53. The van der Waals surface area contributed by atoms with E-state index in [4.69, 9.17) is 16.3 Å². The van der Waals surface area contributed by atoms with Crippen molar-refractivity contribution < 1.29 is 17.9 Å². The number of rotatable bonds is 13. The number of carbonyl (C=O) groups excluding carboxylic acids is 1. The summed E-state index contributed by atoms with van der Waals surface area (Å²) in [6.07, 6.45) is 6.21. The maximum atomic E-state index is 12.4. The number of likely N-dealkylation sites (tertiary alicyclic amines) is 1. The summed E-state index contributed by atoms with van der Waals surface area (Å²) < 4.78 is 31.5. The number of anilines is 7. The SMILES string of the molecule is C=CC(=O)Nc1cc(Nc2ncc(Cl)c(Nc3ccc(C)cc3N(C)S(C)(=O)=O)n2)c(OC)cc1N(C)CCN1CCCC1. The topological polar surface area (TPSA) is 132 Å². The monoisotopic (exact) mass is 642 g/mol. The zero-order valence-corrected chi connectivity index (χ0v) is 27.2. The van der Waals surface area contributed by atoms with Gasteiger partial charge in [0.15, 0.2) is 5.82 Å². The lowest BCUT2D eigenvalue weighted by Gasteiger charge is -2.26. The quantitative estimate of drug-likeness (QED) is 0.219. The molecule has 3 aromatic rings. The fraction of sp³-hybridized carbons (Fsp3) is 0.367. The van der Waals surface area contributed by atoms with Gasteiger partial charge in [0, 0.05) is 33.3 Å². The highest BCUT2D eigenvalue weighted by molar-refractivity contribution is 7.92. The first-order valence-electron chi connectivity index (χ1n) is 14.1. The number of benzene rings is 2. The van der Waals surface area contributed by atoms with Crippen LogP contribution in [0.25, 0.3) is 0 Å². The van der Waals surface area contributed by atoms with Gasteiger partial charge in [0.1, 0.15) is 10.8 Å². The van der Waals surface area contributed by atoms with E-state index in [9.17, 15) is 13.2 Å². The molecule has 1 saturated heterocycles. The number of sulfonamides is 1. The molecular formula is C30H39ClN8O4S. The molecule has 0 radical (unpaired) electrons. The number of nitrogens with zero attached hydrogens (tertiary/aromatic N) is 5. The zero-order chi connectivity index (χ0) is 32.0. The number of nitrogens with one attached hydrogen (secondary N) is 3. The van der Waals surface area contributed by atoms with E-state index in [0.717, 1.165) is 43.7 Å². The van der Waals surface area contributed by atoms with Crippen molar-refractivity contribution >= 4 is 67.7 Å². The molecule has 0 spiro atoms. The molecule has 2 heterocycles. The first-order valence-corrected chi connectivity index (χ1v) is 16.3. The van der Waals surface area contributed by atoms with Crippen molar-refractivity contribution in [2.75, 3.05) is 78.8 Å². The van der Waals surface area contributed by atoms with E-state index in [0.29, 0.717) is 28.5 Å². The van der Waals surface area contributed by atoms with Crippen LogP contribution in [0.2, 0.25) is 5.02 Å². The molecule has 4 rings (SSSR count). The number of methoxy groups -OCH3 is 1. The molecule has 0 aliphatic carbocycles. The van der Waals surface area contributed by atoms with Crippen molar-refractivity contribution in [2.45, 2.75) is 19.8 Å².